The van der Waals surface area contributed by atoms with Crippen LogP contribution in [-0.4, -0.2) is 45.0 Å². The normalized spacial score (nSPS) is 11.0. The van der Waals surface area contributed by atoms with Gasteiger partial charge in [0.15, 0.2) is 0 Å². The summed E-state index contributed by atoms with van der Waals surface area (Å²) in [4.78, 5) is 31.3. The Labute approximate surface area is 166 Å². The molecule has 0 atom stereocenters. The number of methoxy groups -OCH3 is 1. The average molecular weight is 393 g/mol. The Balaban J connectivity index is 2.02. The number of carbonyl (C=O) groups is 2. The summed E-state index contributed by atoms with van der Waals surface area (Å²) in [7, 11) is 1.54. The zero-order valence-electron chi connectivity index (χ0n) is 16.1. The lowest BCUT2D eigenvalue weighted by Gasteiger charge is -2.12. The van der Waals surface area contributed by atoms with Crippen molar-refractivity contribution in [2.45, 2.75) is 13.8 Å². The van der Waals surface area contributed by atoms with Crippen molar-refractivity contribution in [2.24, 2.45) is 4.99 Å². The van der Waals surface area contributed by atoms with E-state index in [4.69, 9.17) is 4.74 Å². The Morgan fingerprint density at radius 3 is 2.24 bits per heavy atom. The molecule has 148 valence electrons. The molecule has 0 radical (unpaired) electrons. The van der Waals surface area contributed by atoms with Gasteiger partial charge in [-0.2, -0.15) is 0 Å². The van der Waals surface area contributed by atoms with E-state index in [0.717, 1.165) is 23.0 Å². The minimum absolute atomic E-state index is 0.0908. The first-order valence-corrected chi connectivity index (χ1v) is 8.65. The number of aromatic nitrogens is 2. The molecule has 8 nitrogen and oxygen atoms in total. The number of carboxylic acids is 2. The van der Waals surface area contributed by atoms with Gasteiger partial charge in [-0.25, -0.2) is 14.6 Å². The Bertz CT molecular complexity index is 1080. The summed E-state index contributed by atoms with van der Waals surface area (Å²) in [5, 5.41) is 18.6. The first-order chi connectivity index (χ1) is 13.8. The largest absolute Gasteiger partial charge is 0.481 e. The highest BCUT2D eigenvalue weighted by Crippen LogP contribution is 2.23. The molecule has 0 amide bonds. The maximum atomic E-state index is 11.4. The van der Waals surface area contributed by atoms with Gasteiger partial charge in [0, 0.05) is 34.9 Å². The fourth-order valence-corrected chi connectivity index (χ4v) is 3.02. The zero-order valence-corrected chi connectivity index (χ0v) is 16.1. The molecule has 3 aromatic rings. The van der Waals surface area contributed by atoms with Crippen molar-refractivity contribution < 1.29 is 24.5 Å². The van der Waals surface area contributed by atoms with Gasteiger partial charge >= 0.3 is 11.9 Å². The molecule has 0 saturated carbocycles. The van der Waals surface area contributed by atoms with Crippen molar-refractivity contribution in [1.29, 1.82) is 0 Å². The van der Waals surface area contributed by atoms with Crippen LogP contribution in [-0.2, 0) is 0 Å². The van der Waals surface area contributed by atoms with Crippen molar-refractivity contribution in [3.05, 3.63) is 70.7 Å². The number of benzene rings is 1. The molecule has 2 heterocycles. The van der Waals surface area contributed by atoms with Gasteiger partial charge in [-0.15, -0.1) is 0 Å². The summed E-state index contributed by atoms with van der Waals surface area (Å²) >= 11 is 0. The molecule has 0 saturated heterocycles. The Hall–Kier alpha value is -3.94. The van der Waals surface area contributed by atoms with Gasteiger partial charge in [0.1, 0.15) is 0 Å². The van der Waals surface area contributed by atoms with Crippen LogP contribution in [0.5, 0.6) is 5.88 Å². The van der Waals surface area contributed by atoms with Crippen LogP contribution < -0.4 is 4.74 Å². The molecule has 0 aliphatic heterocycles. The van der Waals surface area contributed by atoms with Gasteiger partial charge in [0.05, 0.1) is 30.1 Å². The molecule has 0 aliphatic carbocycles. The lowest BCUT2D eigenvalue weighted by atomic mass is 10.1. The van der Waals surface area contributed by atoms with Crippen LogP contribution in [0.25, 0.3) is 5.69 Å². The number of aromatic carboxylic acids is 2. The minimum atomic E-state index is -1.19. The van der Waals surface area contributed by atoms with E-state index in [2.05, 4.69) is 9.98 Å². The summed E-state index contributed by atoms with van der Waals surface area (Å²) in [5.41, 5.74) is 3.36. The lowest BCUT2D eigenvalue weighted by molar-refractivity contribution is 0.0696. The van der Waals surface area contributed by atoms with Gasteiger partial charge in [0.25, 0.3) is 0 Å². The van der Waals surface area contributed by atoms with Crippen LogP contribution in [0.4, 0.5) is 5.69 Å². The first kappa shape index (κ1) is 19.8. The van der Waals surface area contributed by atoms with Crippen LogP contribution in [0.2, 0.25) is 0 Å². The number of pyridine rings is 1. The van der Waals surface area contributed by atoms with Crippen LogP contribution in [0.1, 0.15) is 37.7 Å². The van der Waals surface area contributed by atoms with Crippen molar-refractivity contribution in [2.75, 3.05) is 7.11 Å². The maximum absolute atomic E-state index is 11.4. The summed E-state index contributed by atoms with van der Waals surface area (Å²) in [5.74, 6) is -1.88. The summed E-state index contributed by atoms with van der Waals surface area (Å²) in [6, 6.07) is 9.41. The zero-order chi connectivity index (χ0) is 21.1. The number of nitrogens with zero attached hydrogens (tertiary/aromatic N) is 3. The Morgan fingerprint density at radius 1 is 1.07 bits per heavy atom. The summed E-state index contributed by atoms with van der Waals surface area (Å²) in [6.07, 6.45) is 3.27. The topological polar surface area (TPSA) is 114 Å². The van der Waals surface area contributed by atoms with E-state index < -0.39 is 11.9 Å². The highest BCUT2D eigenvalue weighted by atomic mass is 16.5. The fraction of sp³-hybridized carbons (Fsp3) is 0.143. The van der Waals surface area contributed by atoms with E-state index in [1.807, 2.05) is 19.9 Å². The quantitative estimate of drug-likeness (QED) is 0.618. The fourth-order valence-electron chi connectivity index (χ4n) is 3.02. The number of rotatable bonds is 6. The molecule has 0 aliphatic rings. The predicted molar refractivity (Wildman–Crippen MR) is 107 cm³/mol. The Kier molecular flexibility index (Phi) is 5.45. The van der Waals surface area contributed by atoms with Crippen molar-refractivity contribution in [3.63, 3.8) is 0 Å². The SMILES string of the molecule is COc1ccc(N=Cc2cc(C)n(-c3cc(C(=O)O)cc(C(=O)O)c3)c2C)cn1. The Morgan fingerprint density at radius 2 is 1.72 bits per heavy atom. The number of hydrogen-bond donors (Lipinski definition) is 2. The van der Waals surface area contributed by atoms with Crippen LogP contribution >= 0.6 is 0 Å². The minimum Gasteiger partial charge on any atom is -0.481 e. The maximum Gasteiger partial charge on any atom is 0.335 e. The van der Waals surface area contributed by atoms with E-state index in [9.17, 15) is 19.8 Å². The van der Waals surface area contributed by atoms with E-state index in [-0.39, 0.29) is 11.1 Å². The monoisotopic (exact) mass is 393 g/mol. The van der Waals surface area contributed by atoms with Crippen LogP contribution in [0.15, 0.2) is 47.6 Å². The third kappa shape index (κ3) is 4.16. The standard InChI is InChI=1S/C21H19N3O5/c1-12-6-16(10-22-17-4-5-19(29-3)23-11-17)13(2)24(12)18-8-14(20(25)26)7-15(9-18)21(27)28/h4-11H,1-3H3,(H,25,26)(H,27,28). The number of aliphatic imine (C=N–C) groups is 1. The van der Waals surface area contributed by atoms with Gasteiger partial charge in [-0.05, 0) is 44.2 Å². The van der Waals surface area contributed by atoms with Crippen LogP contribution in [0.3, 0.4) is 0 Å². The second-order valence-corrected chi connectivity index (χ2v) is 6.36. The number of hydrogen-bond acceptors (Lipinski definition) is 5. The average Bonchev–Trinajstić information content (AvgIpc) is 2.99. The number of aryl methyl sites for hydroxylation is 1. The van der Waals surface area contributed by atoms with E-state index >= 15 is 0 Å². The van der Waals surface area contributed by atoms with Gasteiger partial charge in [-0.3, -0.25) is 4.99 Å². The molecular formula is C21H19N3O5. The second kappa shape index (κ2) is 7.97. The molecule has 8 heteroatoms. The molecule has 0 spiro atoms. The van der Waals surface area contributed by atoms with Gasteiger partial charge in [0.2, 0.25) is 5.88 Å². The van der Waals surface area contributed by atoms with E-state index in [1.165, 1.54) is 19.2 Å². The highest BCUT2D eigenvalue weighted by Gasteiger charge is 2.15. The molecule has 0 fully saturated rings. The van der Waals surface area contributed by atoms with Crippen molar-refractivity contribution in [3.8, 4) is 11.6 Å². The molecular weight excluding hydrogens is 374 g/mol. The van der Waals surface area contributed by atoms with Gasteiger partial charge < -0.3 is 19.5 Å². The molecule has 1 aromatic carbocycles. The molecule has 0 bridgehead atoms. The first-order valence-electron chi connectivity index (χ1n) is 8.65. The summed E-state index contributed by atoms with van der Waals surface area (Å²) in [6.45, 7) is 3.71. The molecule has 2 N–H and O–H groups in total. The lowest BCUT2D eigenvalue weighted by Crippen LogP contribution is -2.07. The number of carboxylic acid groups (broad SMARTS) is 2. The predicted octanol–water partition coefficient (Wildman–Crippen LogP) is 3.64. The third-order valence-corrected chi connectivity index (χ3v) is 4.42. The number of ether oxygens (including phenoxy) is 1. The van der Waals surface area contributed by atoms with E-state index in [1.54, 1.807) is 29.1 Å². The third-order valence-electron chi connectivity index (χ3n) is 4.42. The highest BCUT2D eigenvalue weighted by molar-refractivity contribution is 5.95. The molecule has 3 rings (SSSR count). The van der Waals surface area contributed by atoms with Gasteiger partial charge in [-0.1, -0.05) is 0 Å². The summed E-state index contributed by atoms with van der Waals surface area (Å²) < 4.78 is 6.82. The second-order valence-electron chi connectivity index (χ2n) is 6.36. The smallest absolute Gasteiger partial charge is 0.335 e. The van der Waals surface area contributed by atoms with Crippen molar-refractivity contribution in [1.82, 2.24) is 9.55 Å². The van der Waals surface area contributed by atoms with Crippen molar-refractivity contribution >= 4 is 23.8 Å². The van der Waals surface area contributed by atoms with Crippen LogP contribution in [0, 0.1) is 13.8 Å². The molecule has 2 aromatic heterocycles. The molecule has 0 unspecified atom stereocenters. The molecule has 29 heavy (non-hydrogen) atoms. The van der Waals surface area contributed by atoms with E-state index in [0.29, 0.717) is 17.3 Å².